The molecule has 106 valence electrons. The van der Waals surface area contributed by atoms with Gasteiger partial charge in [0.05, 0.1) is 19.3 Å². The van der Waals surface area contributed by atoms with Crippen LogP contribution in [-0.4, -0.2) is 17.4 Å². The highest BCUT2D eigenvalue weighted by Crippen LogP contribution is 2.32. The second-order valence-electron chi connectivity index (χ2n) is 4.59. The summed E-state index contributed by atoms with van der Waals surface area (Å²) in [5.74, 6) is 1.37. The maximum atomic E-state index is 9.69. The first-order valence-electron chi connectivity index (χ1n) is 6.62. The second kappa shape index (κ2) is 5.81. The van der Waals surface area contributed by atoms with Crippen molar-refractivity contribution in [3.05, 3.63) is 60.2 Å². The summed E-state index contributed by atoms with van der Waals surface area (Å²) in [6, 6.07) is 17.1. The minimum atomic E-state index is -0.130. The van der Waals surface area contributed by atoms with E-state index in [1.54, 1.807) is 7.11 Å². The molecular weight excluding hydrogens is 266 g/mol. The van der Waals surface area contributed by atoms with Crippen LogP contribution in [0.15, 0.2) is 59.1 Å². The molecule has 1 aromatic heterocycles. The molecule has 0 spiro atoms. The van der Waals surface area contributed by atoms with Crippen molar-refractivity contribution in [2.45, 2.75) is 6.61 Å². The molecule has 0 fully saturated rings. The van der Waals surface area contributed by atoms with Gasteiger partial charge in [-0.05, 0) is 24.3 Å². The lowest BCUT2D eigenvalue weighted by Gasteiger charge is -2.03. The lowest BCUT2D eigenvalue weighted by Crippen LogP contribution is -1.89. The molecule has 0 amide bonds. The first kappa shape index (κ1) is 13.4. The van der Waals surface area contributed by atoms with Gasteiger partial charge in [-0.2, -0.15) is 0 Å². The fraction of sp³-hybridized carbons (Fsp3) is 0.118. The van der Waals surface area contributed by atoms with Gasteiger partial charge in [-0.15, -0.1) is 0 Å². The van der Waals surface area contributed by atoms with Crippen LogP contribution in [-0.2, 0) is 6.61 Å². The largest absolute Gasteiger partial charge is 0.497 e. The van der Waals surface area contributed by atoms with Gasteiger partial charge >= 0.3 is 0 Å². The Labute approximate surface area is 122 Å². The minimum absolute atomic E-state index is 0.130. The van der Waals surface area contributed by atoms with Crippen molar-refractivity contribution in [1.29, 1.82) is 0 Å². The van der Waals surface area contributed by atoms with E-state index in [0.717, 1.165) is 16.9 Å². The molecule has 0 aliphatic carbocycles. The van der Waals surface area contributed by atoms with Crippen LogP contribution in [0.2, 0.25) is 0 Å². The Morgan fingerprint density at radius 2 is 1.71 bits per heavy atom. The topological polar surface area (TPSA) is 55.5 Å². The van der Waals surface area contributed by atoms with Crippen molar-refractivity contribution >= 4 is 0 Å². The third-order valence-corrected chi connectivity index (χ3v) is 3.35. The van der Waals surface area contributed by atoms with Crippen LogP contribution < -0.4 is 4.74 Å². The highest BCUT2D eigenvalue weighted by atomic mass is 16.5. The van der Waals surface area contributed by atoms with E-state index < -0.39 is 0 Å². The molecule has 3 rings (SSSR count). The fourth-order valence-corrected chi connectivity index (χ4v) is 2.25. The van der Waals surface area contributed by atoms with E-state index >= 15 is 0 Å². The first-order chi connectivity index (χ1) is 10.3. The van der Waals surface area contributed by atoms with E-state index in [1.807, 2.05) is 54.6 Å². The third-order valence-electron chi connectivity index (χ3n) is 3.35. The highest BCUT2D eigenvalue weighted by molar-refractivity contribution is 5.72. The first-order valence-corrected chi connectivity index (χ1v) is 6.62. The molecule has 4 heteroatoms. The number of hydrogen-bond donors (Lipinski definition) is 1. The molecule has 0 aliphatic rings. The van der Waals surface area contributed by atoms with E-state index in [0.29, 0.717) is 17.0 Å². The SMILES string of the molecule is COc1ccc(-c2noc(-c3ccccc3)c2CO)cc1. The molecule has 0 radical (unpaired) electrons. The lowest BCUT2D eigenvalue weighted by molar-refractivity contribution is 0.281. The van der Waals surface area contributed by atoms with E-state index in [1.165, 1.54) is 0 Å². The predicted molar refractivity (Wildman–Crippen MR) is 79.8 cm³/mol. The average Bonchev–Trinajstić information content (AvgIpc) is 2.99. The summed E-state index contributed by atoms with van der Waals surface area (Å²) in [6.07, 6.45) is 0. The smallest absolute Gasteiger partial charge is 0.173 e. The van der Waals surface area contributed by atoms with Gasteiger partial charge in [0, 0.05) is 11.1 Å². The molecule has 0 bridgehead atoms. The number of methoxy groups -OCH3 is 1. The third kappa shape index (κ3) is 2.53. The zero-order valence-corrected chi connectivity index (χ0v) is 11.6. The Morgan fingerprint density at radius 3 is 2.33 bits per heavy atom. The van der Waals surface area contributed by atoms with Crippen molar-refractivity contribution in [3.8, 4) is 28.3 Å². The van der Waals surface area contributed by atoms with Gasteiger partial charge in [0.15, 0.2) is 5.76 Å². The zero-order valence-electron chi connectivity index (χ0n) is 11.6. The number of hydrogen-bond acceptors (Lipinski definition) is 4. The van der Waals surface area contributed by atoms with E-state index in [4.69, 9.17) is 9.26 Å². The maximum absolute atomic E-state index is 9.69. The summed E-state index contributed by atoms with van der Waals surface area (Å²) < 4.78 is 10.6. The number of aromatic nitrogens is 1. The predicted octanol–water partition coefficient (Wildman–Crippen LogP) is 3.51. The lowest BCUT2D eigenvalue weighted by atomic mass is 10.0. The second-order valence-corrected chi connectivity index (χ2v) is 4.59. The van der Waals surface area contributed by atoms with Crippen molar-refractivity contribution in [1.82, 2.24) is 5.16 Å². The number of nitrogens with zero attached hydrogens (tertiary/aromatic N) is 1. The van der Waals surface area contributed by atoms with Crippen LogP contribution in [0.4, 0.5) is 0 Å². The Kier molecular flexibility index (Phi) is 3.71. The molecule has 2 aromatic carbocycles. The maximum Gasteiger partial charge on any atom is 0.173 e. The van der Waals surface area contributed by atoms with Gasteiger partial charge in [0.25, 0.3) is 0 Å². The number of benzene rings is 2. The van der Waals surface area contributed by atoms with Gasteiger partial charge in [-0.25, -0.2) is 0 Å². The normalized spacial score (nSPS) is 10.6. The van der Waals surface area contributed by atoms with Crippen molar-refractivity contribution in [2.24, 2.45) is 0 Å². The summed E-state index contributed by atoms with van der Waals surface area (Å²) in [4.78, 5) is 0. The van der Waals surface area contributed by atoms with Crippen LogP contribution >= 0.6 is 0 Å². The Morgan fingerprint density at radius 1 is 1.00 bits per heavy atom. The summed E-state index contributed by atoms with van der Waals surface area (Å²) in [7, 11) is 1.62. The quantitative estimate of drug-likeness (QED) is 0.795. The Hall–Kier alpha value is -2.59. The summed E-state index contributed by atoms with van der Waals surface area (Å²) >= 11 is 0. The van der Waals surface area contributed by atoms with E-state index in [2.05, 4.69) is 5.16 Å². The van der Waals surface area contributed by atoms with E-state index in [-0.39, 0.29) is 6.61 Å². The van der Waals surface area contributed by atoms with Crippen molar-refractivity contribution in [2.75, 3.05) is 7.11 Å². The Bertz CT molecular complexity index is 718. The number of aliphatic hydroxyl groups excluding tert-OH is 1. The number of ether oxygens (including phenoxy) is 1. The van der Waals surface area contributed by atoms with Crippen LogP contribution in [0.5, 0.6) is 5.75 Å². The van der Waals surface area contributed by atoms with Crippen LogP contribution in [0.3, 0.4) is 0 Å². The highest BCUT2D eigenvalue weighted by Gasteiger charge is 2.18. The summed E-state index contributed by atoms with van der Waals surface area (Å²) in [6.45, 7) is -0.130. The molecule has 0 saturated carbocycles. The van der Waals surface area contributed by atoms with Gasteiger partial charge in [0.2, 0.25) is 0 Å². The standard InChI is InChI=1S/C17H15NO3/c1-20-14-9-7-12(8-10-14)16-15(11-19)17(21-18-16)13-5-3-2-4-6-13/h2-10,19H,11H2,1H3. The van der Waals surface area contributed by atoms with Gasteiger partial charge in [-0.3, -0.25) is 0 Å². The molecule has 0 aliphatic heterocycles. The monoisotopic (exact) mass is 281 g/mol. The summed E-state index contributed by atoms with van der Waals surface area (Å²) in [5.41, 5.74) is 3.12. The molecule has 21 heavy (non-hydrogen) atoms. The molecule has 3 aromatic rings. The van der Waals surface area contributed by atoms with Crippen LogP contribution in [0, 0.1) is 0 Å². The number of aliphatic hydroxyl groups is 1. The van der Waals surface area contributed by atoms with E-state index in [9.17, 15) is 5.11 Å². The van der Waals surface area contributed by atoms with Gasteiger partial charge in [-0.1, -0.05) is 35.5 Å². The fourth-order valence-electron chi connectivity index (χ4n) is 2.25. The van der Waals surface area contributed by atoms with Crippen molar-refractivity contribution in [3.63, 3.8) is 0 Å². The molecule has 1 N–H and O–H groups in total. The Balaban J connectivity index is 2.05. The molecule has 0 unspecified atom stereocenters. The zero-order chi connectivity index (χ0) is 14.7. The van der Waals surface area contributed by atoms with Gasteiger partial charge < -0.3 is 14.4 Å². The molecule has 0 atom stereocenters. The van der Waals surface area contributed by atoms with Crippen LogP contribution in [0.1, 0.15) is 5.56 Å². The summed E-state index contributed by atoms with van der Waals surface area (Å²) in [5, 5.41) is 13.8. The van der Waals surface area contributed by atoms with Gasteiger partial charge in [0.1, 0.15) is 11.4 Å². The molecule has 0 saturated heterocycles. The van der Waals surface area contributed by atoms with Crippen molar-refractivity contribution < 1.29 is 14.4 Å². The molecule has 4 nitrogen and oxygen atoms in total. The van der Waals surface area contributed by atoms with Crippen LogP contribution in [0.25, 0.3) is 22.6 Å². The number of rotatable bonds is 4. The molecular formula is C17H15NO3. The minimum Gasteiger partial charge on any atom is -0.497 e. The average molecular weight is 281 g/mol. The molecule has 1 heterocycles.